The quantitative estimate of drug-likeness (QED) is 0.748. The summed E-state index contributed by atoms with van der Waals surface area (Å²) in [4.78, 5) is 16.8. The Morgan fingerprint density at radius 2 is 1.92 bits per heavy atom. The molecule has 0 unspecified atom stereocenters. The fourth-order valence-corrected chi connectivity index (χ4v) is 3.47. The molecule has 124 valence electrons. The van der Waals surface area contributed by atoms with Gasteiger partial charge in [0.15, 0.2) is 0 Å². The van der Waals surface area contributed by atoms with Gasteiger partial charge >= 0.3 is 0 Å². The number of nitrogens with one attached hydrogen (secondary N) is 1. The number of benzene rings is 1. The Morgan fingerprint density at radius 3 is 2.71 bits per heavy atom. The molecule has 24 heavy (non-hydrogen) atoms. The lowest BCUT2D eigenvalue weighted by molar-refractivity contribution is 0.393. The van der Waals surface area contributed by atoms with E-state index in [1.54, 1.807) is 13.3 Å². The summed E-state index contributed by atoms with van der Waals surface area (Å²) in [5.74, 6) is 1.28. The molecule has 2 aromatic heterocycles. The van der Waals surface area contributed by atoms with E-state index in [1.807, 2.05) is 6.20 Å². The normalized spacial score (nSPS) is 15.1. The van der Waals surface area contributed by atoms with Crippen molar-refractivity contribution in [3.05, 3.63) is 41.1 Å². The van der Waals surface area contributed by atoms with E-state index >= 15 is 0 Å². The van der Waals surface area contributed by atoms with Gasteiger partial charge in [0, 0.05) is 37.8 Å². The van der Waals surface area contributed by atoms with Crippen molar-refractivity contribution in [1.29, 1.82) is 0 Å². The van der Waals surface area contributed by atoms with E-state index in [0.717, 1.165) is 30.7 Å². The van der Waals surface area contributed by atoms with Crippen LogP contribution in [0.25, 0.3) is 10.9 Å². The van der Waals surface area contributed by atoms with E-state index in [1.165, 1.54) is 16.6 Å². The SMILES string of the molecule is COc1nc(N2CCN(c3cccc4cc[nH]c34)CC2)ncc1Br. The van der Waals surface area contributed by atoms with Crippen molar-refractivity contribution in [2.45, 2.75) is 0 Å². The van der Waals surface area contributed by atoms with E-state index in [9.17, 15) is 0 Å². The van der Waals surface area contributed by atoms with Crippen LogP contribution in [0.5, 0.6) is 5.88 Å². The lowest BCUT2D eigenvalue weighted by Gasteiger charge is -2.36. The first-order chi connectivity index (χ1) is 11.8. The second-order valence-corrected chi connectivity index (χ2v) is 6.57. The maximum Gasteiger partial charge on any atom is 0.232 e. The molecule has 1 N–H and O–H groups in total. The number of piperazine rings is 1. The number of aromatic amines is 1. The molecule has 0 aliphatic carbocycles. The van der Waals surface area contributed by atoms with Gasteiger partial charge in [0.05, 0.1) is 29.0 Å². The molecule has 0 saturated carbocycles. The van der Waals surface area contributed by atoms with E-state index in [0.29, 0.717) is 11.8 Å². The molecule has 0 radical (unpaired) electrons. The van der Waals surface area contributed by atoms with Gasteiger partial charge in [-0.05, 0) is 28.1 Å². The average molecular weight is 388 g/mol. The third-order valence-electron chi connectivity index (χ3n) is 4.36. The van der Waals surface area contributed by atoms with Crippen molar-refractivity contribution in [2.24, 2.45) is 0 Å². The molecule has 3 aromatic rings. The minimum atomic E-state index is 0.568. The van der Waals surface area contributed by atoms with Crippen molar-refractivity contribution in [3.63, 3.8) is 0 Å². The minimum Gasteiger partial charge on any atom is -0.480 e. The van der Waals surface area contributed by atoms with Gasteiger partial charge in [0.25, 0.3) is 0 Å². The molecule has 0 amide bonds. The van der Waals surface area contributed by atoms with Crippen LogP contribution in [-0.2, 0) is 0 Å². The first-order valence-electron chi connectivity index (χ1n) is 7.89. The Hall–Kier alpha value is -2.28. The second kappa shape index (κ2) is 6.32. The average Bonchev–Trinajstić information content (AvgIpc) is 3.11. The zero-order valence-electron chi connectivity index (χ0n) is 13.4. The van der Waals surface area contributed by atoms with Crippen LogP contribution in [0.4, 0.5) is 11.6 Å². The molecule has 4 rings (SSSR count). The molecule has 0 bridgehead atoms. The molecule has 1 saturated heterocycles. The van der Waals surface area contributed by atoms with Crippen molar-refractivity contribution in [2.75, 3.05) is 43.1 Å². The van der Waals surface area contributed by atoms with Crippen LogP contribution < -0.4 is 14.5 Å². The lowest BCUT2D eigenvalue weighted by atomic mass is 10.2. The number of fused-ring (bicyclic) bond motifs is 1. The van der Waals surface area contributed by atoms with Gasteiger partial charge in [-0.1, -0.05) is 12.1 Å². The number of hydrogen-bond acceptors (Lipinski definition) is 5. The van der Waals surface area contributed by atoms with Gasteiger partial charge in [-0.15, -0.1) is 0 Å². The summed E-state index contributed by atoms with van der Waals surface area (Å²) in [6.07, 6.45) is 3.74. The van der Waals surface area contributed by atoms with Crippen LogP contribution >= 0.6 is 15.9 Å². The number of para-hydroxylation sites is 1. The summed E-state index contributed by atoms with van der Waals surface area (Å²) < 4.78 is 6.04. The van der Waals surface area contributed by atoms with E-state index in [4.69, 9.17) is 4.74 Å². The highest BCUT2D eigenvalue weighted by Crippen LogP contribution is 2.28. The number of H-pyrrole nitrogens is 1. The van der Waals surface area contributed by atoms with Crippen LogP contribution in [0.2, 0.25) is 0 Å². The van der Waals surface area contributed by atoms with Crippen LogP contribution in [0.1, 0.15) is 0 Å². The molecule has 1 aromatic carbocycles. The zero-order valence-corrected chi connectivity index (χ0v) is 15.0. The van der Waals surface area contributed by atoms with E-state index in [-0.39, 0.29) is 0 Å². The van der Waals surface area contributed by atoms with Gasteiger partial charge in [-0.3, -0.25) is 0 Å². The summed E-state index contributed by atoms with van der Waals surface area (Å²) in [5.41, 5.74) is 2.46. The van der Waals surface area contributed by atoms with Gasteiger partial charge in [0.1, 0.15) is 0 Å². The summed E-state index contributed by atoms with van der Waals surface area (Å²) >= 11 is 3.39. The highest BCUT2D eigenvalue weighted by molar-refractivity contribution is 9.10. The highest BCUT2D eigenvalue weighted by atomic mass is 79.9. The molecule has 0 spiro atoms. The van der Waals surface area contributed by atoms with E-state index < -0.39 is 0 Å². The molecule has 1 aliphatic heterocycles. The lowest BCUT2D eigenvalue weighted by Crippen LogP contribution is -2.47. The Kier molecular flexibility index (Phi) is 4.02. The fourth-order valence-electron chi connectivity index (χ4n) is 3.12. The molecule has 0 atom stereocenters. The number of nitrogens with zero attached hydrogens (tertiary/aromatic N) is 4. The van der Waals surface area contributed by atoms with Crippen LogP contribution in [0.15, 0.2) is 41.1 Å². The van der Waals surface area contributed by atoms with Gasteiger partial charge in [-0.25, -0.2) is 4.98 Å². The summed E-state index contributed by atoms with van der Waals surface area (Å²) in [5, 5.41) is 1.25. The van der Waals surface area contributed by atoms with Gasteiger partial charge < -0.3 is 19.5 Å². The summed E-state index contributed by atoms with van der Waals surface area (Å²) in [6.45, 7) is 3.61. The number of aromatic nitrogens is 3. The predicted octanol–water partition coefficient (Wildman–Crippen LogP) is 3.06. The Morgan fingerprint density at radius 1 is 1.12 bits per heavy atom. The number of ether oxygens (including phenoxy) is 1. The monoisotopic (exact) mass is 387 g/mol. The molecule has 1 fully saturated rings. The Balaban J connectivity index is 1.52. The standard InChI is InChI=1S/C17H18BrN5O/c1-24-16-13(18)11-20-17(21-16)23-9-7-22(8-10-23)14-4-2-3-12-5-6-19-15(12)14/h2-6,11,19H,7-10H2,1H3. The number of halogens is 1. The molecule has 6 nitrogen and oxygen atoms in total. The van der Waals surface area contributed by atoms with Gasteiger partial charge in [-0.2, -0.15) is 4.98 Å². The molecular weight excluding hydrogens is 370 g/mol. The summed E-state index contributed by atoms with van der Waals surface area (Å²) in [6, 6.07) is 8.53. The maximum absolute atomic E-state index is 5.27. The minimum absolute atomic E-state index is 0.568. The smallest absolute Gasteiger partial charge is 0.232 e. The topological polar surface area (TPSA) is 57.3 Å². The van der Waals surface area contributed by atoms with Crippen molar-refractivity contribution in [1.82, 2.24) is 15.0 Å². The van der Waals surface area contributed by atoms with Crippen LogP contribution in [0.3, 0.4) is 0 Å². The maximum atomic E-state index is 5.27. The number of hydrogen-bond donors (Lipinski definition) is 1. The highest BCUT2D eigenvalue weighted by Gasteiger charge is 2.21. The third-order valence-corrected chi connectivity index (χ3v) is 4.90. The van der Waals surface area contributed by atoms with Crippen LogP contribution in [0, 0.1) is 0 Å². The van der Waals surface area contributed by atoms with Crippen molar-refractivity contribution in [3.8, 4) is 5.88 Å². The van der Waals surface area contributed by atoms with Gasteiger partial charge in [0.2, 0.25) is 11.8 Å². The first kappa shape index (κ1) is 15.3. The molecule has 1 aliphatic rings. The number of anilines is 2. The fraction of sp³-hybridized carbons (Fsp3) is 0.294. The largest absolute Gasteiger partial charge is 0.480 e. The Labute approximate surface area is 148 Å². The number of rotatable bonds is 3. The third kappa shape index (κ3) is 2.69. The van der Waals surface area contributed by atoms with Crippen molar-refractivity contribution >= 4 is 38.5 Å². The number of methoxy groups -OCH3 is 1. The van der Waals surface area contributed by atoms with Crippen molar-refractivity contribution < 1.29 is 4.74 Å². The second-order valence-electron chi connectivity index (χ2n) is 5.72. The zero-order chi connectivity index (χ0) is 16.5. The summed E-state index contributed by atoms with van der Waals surface area (Å²) in [7, 11) is 1.62. The predicted molar refractivity (Wildman–Crippen MR) is 99.0 cm³/mol. The van der Waals surface area contributed by atoms with E-state index in [2.05, 4.69) is 64.9 Å². The Bertz CT molecular complexity index is 857. The van der Waals surface area contributed by atoms with Crippen LogP contribution in [-0.4, -0.2) is 48.2 Å². The molecular formula is C17H18BrN5O. The molecule has 3 heterocycles. The molecule has 7 heteroatoms. The first-order valence-corrected chi connectivity index (χ1v) is 8.68.